The third kappa shape index (κ3) is 4.45. The van der Waals surface area contributed by atoms with Crippen molar-refractivity contribution in [3.05, 3.63) is 29.8 Å². The molecule has 3 amide bonds. The van der Waals surface area contributed by atoms with Gasteiger partial charge in [-0.3, -0.25) is 4.79 Å². The fraction of sp³-hybridized carbons (Fsp3) is 0.438. The van der Waals surface area contributed by atoms with E-state index in [1.807, 2.05) is 13.8 Å². The van der Waals surface area contributed by atoms with Crippen LogP contribution >= 0.6 is 0 Å². The maximum atomic E-state index is 12.6. The molecular weight excluding hydrogens is 314 g/mol. The minimum absolute atomic E-state index is 0.0144. The molecule has 0 aliphatic carbocycles. The van der Waals surface area contributed by atoms with Crippen molar-refractivity contribution in [3.8, 4) is 0 Å². The zero-order valence-electron chi connectivity index (χ0n) is 13.6. The van der Waals surface area contributed by atoms with E-state index in [1.165, 1.54) is 11.0 Å². The maximum absolute atomic E-state index is 12.6. The summed E-state index contributed by atoms with van der Waals surface area (Å²) in [6.07, 6.45) is 0. The molecule has 2 rings (SSSR count). The highest BCUT2D eigenvalue weighted by molar-refractivity contribution is 5.98. The second kappa shape index (κ2) is 7.78. The maximum Gasteiger partial charge on any atom is 0.328 e. The van der Waals surface area contributed by atoms with Crippen LogP contribution in [0.4, 0.5) is 10.5 Å². The van der Waals surface area contributed by atoms with E-state index in [2.05, 4.69) is 10.6 Å². The summed E-state index contributed by atoms with van der Waals surface area (Å²) in [5, 5.41) is 14.6. The number of rotatable bonds is 4. The second-order valence-corrected chi connectivity index (χ2v) is 5.76. The number of urea groups is 1. The van der Waals surface area contributed by atoms with Crippen LogP contribution in [0.15, 0.2) is 24.3 Å². The number of ether oxygens (including phenoxy) is 1. The van der Waals surface area contributed by atoms with Gasteiger partial charge in [0.2, 0.25) is 0 Å². The van der Waals surface area contributed by atoms with Gasteiger partial charge < -0.3 is 25.4 Å². The molecule has 8 heteroatoms. The number of amides is 3. The monoisotopic (exact) mass is 335 g/mol. The molecule has 1 fully saturated rings. The number of carbonyl (C=O) groups excluding carboxylic acids is 2. The third-order valence-corrected chi connectivity index (χ3v) is 3.46. The van der Waals surface area contributed by atoms with Gasteiger partial charge in [0, 0.05) is 23.8 Å². The molecule has 1 aliphatic heterocycles. The average Bonchev–Trinajstić information content (AvgIpc) is 2.53. The van der Waals surface area contributed by atoms with E-state index in [0.717, 1.165) is 0 Å². The molecule has 1 unspecified atom stereocenters. The Hall–Kier alpha value is -2.61. The summed E-state index contributed by atoms with van der Waals surface area (Å²) in [6, 6.07) is 5.01. The molecule has 24 heavy (non-hydrogen) atoms. The fourth-order valence-corrected chi connectivity index (χ4v) is 2.38. The largest absolute Gasteiger partial charge is 0.480 e. The Kier molecular flexibility index (Phi) is 5.75. The number of benzene rings is 1. The Balaban J connectivity index is 2.13. The second-order valence-electron chi connectivity index (χ2n) is 5.76. The first kappa shape index (κ1) is 17.7. The first-order valence-corrected chi connectivity index (χ1v) is 7.67. The SMILES string of the molecule is CC(C)NC(=O)Nc1cccc(C(=O)N2CCOCC2C(=O)O)c1. The van der Waals surface area contributed by atoms with Crippen LogP contribution in [-0.4, -0.2) is 59.8 Å². The predicted octanol–water partition coefficient (Wildman–Crippen LogP) is 1.14. The highest BCUT2D eigenvalue weighted by Gasteiger charge is 2.33. The number of hydrogen-bond donors (Lipinski definition) is 3. The average molecular weight is 335 g/mol. The molecule has 130 valence electrons. The normalized spacial score (nSPS) is 17.5. The summed E-state index contributed by atoms with van der Waals surface area (Å²) in [6.45, 7) is 4.15. The zero-order valence-corrected chi connectivity index (χ0v) is 13.6. The van der Waals surface area contributed by atoms with Gasteiger partial charge in [0.15, 0.2) is 6.04 Å². The van der Waals surface area contributed by atoms with Crippen molar-refractivity contribution in [2.24, 2.45) is 0 Å². The van der Waals surface area contributed by atoms with Crippen LogP contribution in [0.2, 0.25) is 0 Å². The smallest absolute Gasteiger partial charge is 0.328 e. The van der Waals surface area contributed by atoms with Crippen molar-refractivity contribution in [2.45, 2.75) is 25.9 Å². The quantitative estimate of drug-likeness (QED) is 0.765. The molecule has 1 aromatic rings. The van der Waals surface area contributed by atoms with Crippen LogP contribution in [-0.2, 0) is 9.53 Å². The van der Waals surface area contributed by atoms with Crippen LogP contribution in [0.3, 0.4) is 0 Å². The summed E-state index contributed by atoms with van der Waals surface area (Å²) in [5.74, 6) is -1.51. The number of nitrogens with one attached hydrogen (secondary N) is 2. The number of hydrogen-bond acceptors (Lipinski definition) is 4. The predicted molar refractivity (Wildman–Crippen MR) is 87.0 cm³/mol. The van der Waals surface area contributed by atoms with Gasteiger partial charge in [0.25, 0.3) is 5.91 Å². The van der Waals surface area contributed by atoms with Crippen LogP contribution in [0.5, 0.6) is 0 Å². The summed E-state index contributed by atoms with van der Waals surface area (Å²) in [5.41, 5.74) is 0.768. The Morgan fingerprint density at radius 2 is 2.08 bits per heavy atom. The summed E-state index contributed by atoms with van der Waals surface area (Å²) in [7, 11) is 0. The zero-order chi connectivity index (χ0) is 17.7. The van der Waals surface area contributed by atoms with Crippen LogP contribution in [0.1, 0.15) is 24.2 Å². The van der Waals surface area contributed by atoms with Crippen molar-refractivity contribution in [1.82, 2.24) is 10.2 Å². The van der Waals surface area contributed by atoms with Gasteiger partial charge in [0.1, 0.15) is 0 Å². The molecular formula is C16H21N3O5. The van der Waals surface area contributed by atoms with E-state index in [0.29, 0.717) is 17.9 Å². The van der Waals surface area contributed by atoms with E-state index in [-0.39, 0.29) is 25.2 Å². The molecule has 1 aromatic carbocycles. The lowest BCUT2D eigenvalue weighted by atomic mass is 10.1. The fourth-order valence-electron chi connectivity index (χ4n) is 2.38. The Labute approximate surface area is 139 Å². The lowest BCUT2D eigenvalue weighted by molar-refractivity contribution is -0.147. The van der Waals surface area contributed by atoms with E-state index in [4.69, 9.17) is 4.74 Å². The van der Waals surface area contributed by atoms with Crippen LogP contribution < -0.4 is 10.6 Å². The first-order valence-electron chi connectivity index (χ1n) is 7.67. The molecule has 8 nitrogen and oxygen atoms in total. The van der Waals surface area contributed by atoms with Gasteiger partial charge >= 0.3 is 12.0 Å². The Bertz CT molecular complexity index is 632. The number of aliphatic carboxylic acids is 1. The molecule has 1 heterocycles. The van der Waals surface area contributed by atoms with E-state index in [9.17, 15) is 19.5 Å². The van der Waals surface area contributed by atoms with Crippen molar-refractivity contribution < 1.29 is 24.2 Å². The topological polar surface area (TPSA) is 108 Å². The van der Waals surface area contributed by atoms with Crippen molar-refractivity contribution >= 4 is 23.6 Å². The number of nitrogens with zero attached hydrogens (tertiary/aromatic N) is 1. The number of carbonyl (C=O) groups is 3. The molecule has 1 saturated heterocycles. The first-order chi connectivity index (χ1) is 11.4. The van der Waals surface area contributed by atoms with Crippen molar-refractivity contribution in [2.75, 3.05) is 25.1 Å². The molecule has 0 aromatic heterocycles. The van der Waals surface area contributed by atoms with Gasteiger partial charge in [-0.05, 0) is 32.0 Å². The highest BCUT2D eigenvalue weighted by atomic mass is 16.5. The number of morpholine rings is 1. The number of carboxylic acids is 1. The van der Waals surface area contributed by atoms with Gasteiger partial charge in [-0.1, -0.05) is 6.07 Å². The van der Waals surface area contributed by atoms with E-state index >= 15 is 0 Å². The van der Waals surface area contributed by atoms with Gasteiger partial charge in [-0.25, -0.2) is 9.59 Å². The van der Waals surface area contributed by atoms with Crippen molar-refractivity contribution in [3.63, 3.8) is 0 Å². The molecule has 1 atom stereocenters. The van der Waals surface area contributed by atoms with Crippen molar-refractivity contribution in [1.29, 1.82) is 0 Å². The number of anilines is 1. The van der Waals surface area contributed by atoms with Gasteiger partial charge in [-0.2, -0.15) is 0 Å². The minimum atomic E-state index is -1.10. The summed E-state index contributed by atoms with van der Waals surface area (Å²) >= 11 is 0. The molecule has 0 radical (unpaired) electrons. The van der Waals surface area contributed by atoms with Crippen LogP contribution in [0.25, 0.3) is 0 Å². The lowest BCUT2D eigenvalue weighted by Gasteiger charge is -2.32. The highest BCUT2D eigenvalue weighted by Crippen LogP contribution is 2.16. The standard InChI is InChI=1S/C16H21N3O5/c1-10(2)17-16(23)18-12-5-3-4-11(8-12)14(20)19-6-7-24-9-13(19)15(21)22/h3-5,8,10,13H,6-7,9H2,1-2H3,(H,21,22)(H2,17,18,23). The molecule has 0 spiro atoms. The summed E-state index contributed by atoms with van der Waals surface area (Å²) < 4.78 is 5.13. The molecule has 0 saturated carbocycles. The molecule has 3 N–H and O–H groups in total. The number of carboxylic acid groups (broad SMARTS) is 1. The van der Waals surface area contributed by atoms with E-state index in [1.54, 1.807) is 18.2 Å². The Morgan fingerprint density at radius 1 is 1.33 bits per heavy atom. The Morgan fingerprint density at radius 3 is 2.75 bits per heavy atom. The van der Waals surface area contributed by atoms with E-state index < -0.39 is 17.9 Å². The van der Waals surface area contributed by atoms with Crippen LogP contribution in [0, 0.1) is 0 Å². The third-order valence-electron chi connectivity index (χ3n) is 3.46. The molecule has 0 bridgehead atoms. The minimum Gasteiger partial charge on any atom is -0.480 e. The molecule has 1 aliphatic rings. The van der Waals surface area contributed by atoms with Gasteiger partial charge in [0.05, 0.1) is 13.2 Å². The van der Waals surface area contributed by atoms with Gasteiger partial charge in [-0.15, -0.1) is 0 Å². The lowest BCUT2D eigenvalue weighted by Crippen LogP contribution is -2.52. The summed E-state index contributed by atoms with van der Waals surface area (Å²) in [4.78, 5) is 36.9.